The number of ketones is 1. The van der Waals surface area contributed by atoms with E-state index in [9.17, 15) is 9.18 Å². The van der Waals surface area contributed by atoms with Gasteiger partial charge in [0.2, 0.25) is 0 Å². The lowest BCUT2D eigenvalue weighted by Crippen LogP contribution is -1.87. The zero-order valence-electron chi connectivity index (χ0n) is 6.48. The van der Waals surface area contributed by atoms with Crippen LogP contribution in [0.1, 0.15) is 26.7 Å². The number of Topliss-reactive ketones (excluding diaryl/α,β-unsaturated/α-hetero) is 1. The topological polar surface area (TPSA) is 17.1 Å². The van der Waals surface area contributed by atoms with E-state index >= 15 is 0 Å². The van der Waals surface area contributed by atoms with E-state index < -0.39 is 6.67 Å². The fourth-order valence-corrected chi connectivity index (χ4v) is 0.576. The molecule has 0 aromatic carbocycles. The fraction of sp³-hybridized carbons (Fsp3) is 0.625. The van der Waals surface area contributed by atoms with Gasteiger partial charge in [0.1, 0.15) is 12.5 Å². The van der Waals surface area contributed by atoms with Gasteiger partial charge in [-0.3, -0.25) is 0 Å². The Morgan fingerprint density at radius 2 is 2.10 bits per heavy atom. The molecule has 0 atom stereocenters. The maximum absolute atomic E-state index is 11.8. The van der Waals surface area contributed by atoms with E-state index in [-0.39, 0.29) is 5.78 Å². The molecule has 0 aliphatic heterocycles. The van der Waals surface area contributed by atoms with Gasteiger partial charge in [0.05, 0.1) is 0 Å². The lowest BCUT2D eigenvalue weighted by molar-refractivity contribution is -0.116. The Balaban J connectivity index is 3.43. The van der Waals surface area contributed by atoms with E-state index in [0.29, 0.717) is 18.4 Å². The number of hydrogen-bond acceptors (Lipinski definition) is 1. The normalized spacial score (nSPS) is 11.7. The molecule has 0 aliphatic carbocycles. The lowest BCUT2D eigenvalue weighted by atomic mass is 10.2. The molecule has 1 nitrogen and oxygen atoms in total. The predicted molar refractivity (Wildman–Crippen MR) is 39.6 cm³/mol. The van der Waals surface area contributed by atoms with Crippen molar-refractivity contribution in [3.05, 3.63) is 11.6 Å². The molecular formula is C8H13FO. The van der Waals surface area contributed by atoms with Crippen molar-refractivity contribution in [2.75, 3.05) is 6.67 Å². The van der Waals surface area contributed by atoms with Crippen LogP contribution >= 0.6 is 0 Å². The van der Waals surface area contributed by atoms with Gasteiger partial charge in [-0.1, -0.05) is 6.08 Å². The molecule has 0 rings (SSSR count). The second-order valence-electron chi connectivity index (χ2n) is 2.42. The Bertz CT molecular complexity index is 138. The van der Waals surface area contributed by atoms with E-state index in [1.165, 1.54) is 0 Å². The average Bonchev–Trinajstić information content (AvgIpc) is 1.87. The van der Waals surface area contributed by atoms with E-state index in [4.69, 9.17) is 0 Å². The van der Waals surface area contributed by atoms with Crippen molar-refractivity contribution in [2.45, 2.75) is 26.7 Å². The summed E-state index contributed by atoms with van der Waals surface area (Å²) in [5.74, 6) is 0.155. The molecular weight excluding hydrogens is 131 g/mol. The van der Waals surface area contributed by atoms with Gasteiger partial charge < -0.3 is 4.79 Å². The number of hydrogen-bond donors (Lipinski definition) is 0. The first-order valence-electron chi connectivity index (χ1n) is 3.38. The SMILES string of the molecule is CC(=O)CC/C=C(/C)CF. The molecule has 0 spiro atoms. The second-order valence-corrected chi connectivity index (χ2v) is 2.42. The molecule has 0 aliphatic rings. The number of halogens is 1. The largest absolute Gasteiger partial charge is 0.300 e. The van der Waals surface area contributed by atoms with E-state index in [0.717, 1.165) is 0 Å². The first kappa shape index (κ1) is 9.34. The molecule has 0 unspecified atom stereocenters. The average molecular weight is 144 g/mol. The molecule has 58 valence electrons. The zero-order chi connectivity index (χ0) is 7.98. The minimum atomic E-state index is -0.405. The summed E-state index contributed by atoms with van der Waals surface area (Å²) in [7, 11) is 0. The van der Waals surface area contributed by atoms with E-state index in [2.05, 4.69) is 0 Å². The zero-order valence-corrected chi connectivity index (χ0v) is 6.48. The maximum atomic E-state index is 11.8. The molecule has 0 bridgehead atoms. The van der Waals surface area contributed by atoms with Crippen molar-refractivity contribution >= 4 is 5.78 Å². The Labute approximate surface area is 60.9 Å². The van der Waals surface area contributed by atoms with Crippen molar-refractivity contribution in [2.24, 2.45) is 0 Å². The third kappa shape index (κ3) is 5.48. The number of allylic oxidation sites excluding steroid dienone is 2. The van der Waals surface area contributed by atoms with Crippen molar-refractivity contribution in [1.29, 1.82) is 0 Å². The summed E-state index contributed by atoms with van der Waals surface area (Å²) >= 11 is 0. The quantitative estimate of drug-likeness (QED) is 0.553. The summed E-state index contributed by atoms with van der Waals surface area (Å²) in [4.78, 5) is 10.4. The first-order chi connectivity index (χ1) is 4.66. The summed E-state index contributed by atoms with van der Waals surface area (Å²) in [5, 5.41) is 0. The van der Waals surface area contributed by atoms with Crippen LogP contribution in [0.15, 0.2) is 11.6 Å². The minimum absolute atomic E-state index is 0.155. The van der Waals surface area contributed by atoms with Gasteiger partial charge in [-0.05, 0) is 25.8 Å². The van der Waals surface area contributed by atoms with Crippen LogP contribution in [0, 0.1) is 0 Å². The third-order valence-electron chi connectivity index (χ3n) is 1.20. The van der Waals surface area contributed by atoms with Crippen molar-refractivity contribution in [3.63, 3.8) is 0 Å². The molecule has 0 saturated heterocycles. The molecule has 0 amide bonds. The molecule has 0 saturated carbocycles. The Morgan fingerprint density at radius 1 is 1.50 bits per heavy atom. The number of carbonyl (C=O) groups is 1. The van der Waals surface area contributed by atoms with Crippen LogP contribution in [0.25, 0.3) is 0 Å². The van der Waals surface area contributed by atoms with Gasteiger partial charge in [-0.25, -0.2) is 4.39 Å². The van der Waals surface area contributed by atoms with Crippen LogP contribution in [0.4, 0.5) is 4.39 Å². The Kier molecular flexibility index (Phi) is 4.81. The number of carbonyl (C=O) groups excluding carboxylic acids is 1. The molecule has 10 heavy (non-hydrogen) atoms. The fourth-order valence-electron chi connectivity index (χ4n) is 0.576. The molecule has 0 N–H and O–H groups in total. The molecule has 0 radical (unpaired) electrons. The summed E-state index contributed by atoms with van der Waals surface area (Å²) in [5.41, 5.74) is 0.709. The highest BCUT2D eigenvalue weighted by molar-refractivity contribution is 5.75. The van der Waals surface area contributed by atoms with E-state index in [1.807, 2.05) is 0 Å². The Morgan fingerprint density at radius 3 is 2.50 bits per heavy atom. The lowest BCUT2D eigenvalue weighted by Gasteiger charge is -1.91. The maximum Gasteiger partial charge on any atom is 0.130 e. The van der Waals surface area contributed by atoms with Crippen LogP contribution in [0.2, 0.25) is 0 Å². The summed E-state index contributed by atoms with van der Waals surface area (Å²) in [6.07, 6.45) is 2.96. The van der Waals surface area contributed by atoms with Crippen LogP contribution in [-0.4, -0.2) is 12.5 Å². The molecule has 0 fully saturated rings. The standard InChI is InChI=1S/C8H13FO/c1-7(6-9)4-3-5-8(2)10/h4H,3,5-6H2,1-2H3/b7-4-. The third-order valence-corrected chi connectivity index (χ3v) is 1.20. The first-order valence-corrected chi connectivity index (χ1v) is 3.38. The van der Waals surface area contributed by atoms with Gasteiger partial charge in [0, 0.05) is 6.42 Å². The van der Waals surface area contributed by atoms with Gasteiger partial charge >= 0.3 is 0 Å². The van der Waals surface area contributed by atoms with Crippen molar-refractivity contribution < 1.29 is 9.18 Å². The van der Waals surface area contributed by atoms with Gasteiger partial charge in [-0.2, -0.15) is 0 Å². The highest BCUT2D eigenvalue weighted by atomic mass is 19.1. The van der Waals surface area contributed by atoms with Crippen molar-refractivity contribution in [3.8, 4) is 0 Å². The smallest absolute Gasteiger partial charge is 0.130 e. The predicted octanol–water partition coefficient (Wildman–Crippen LogP) is 2.27. The summed E-state index contributed by atoms with van der Waals surface area (Å²) in [6, 6.07) is 0. The van der Waals surface area contributed by atoms with Crippen molar-refractivity contribution in [1.82, 2.24) is 0 Å². The molecule has 0 heterocycles. The van der Waals surface area contributed by atoms with Crippen LogP contribution in [0.5, 0.6) is 0 Å². The molecule has 0 aromatic rings. The number of alkyl halides is 1. The van der Waals surface area contributed by atoms with E-state index in [1.54, 1.807) is 19.9 Å². The van der Waals surface area contributed by atoms with Gasteiger partial charge in [0.15, 0.2) is 0 Å². The van der Waals surface area contributed by atoms with Crippen LogP contribution in [0.3, 0.4) is 0 Å². The number of rotatable bonds is 4. The highest BCUT2D eigenvalue weighted by Gasteiger charge is 1.90. The Hall–Kier alpha value is -0.660. The summed E-state index contributed by atoms with van der Waals surface area (Å²) < 4.78 is 11.8. The van der Waals surface area contributed by atoms with Gasteiger partial charge in [0.25, 0.3) is 0 Å². The molecule has 2 heteroatoms. The van der Waals surface area contributed by atoms with Crippen LogP contribution < -0.4 is 0 Å². The monoisotopic (exact) mass is 144 g/mol. The van der Waals surface area contributed by atoms with Gasteiger partial charge in [-0.15, -0.1) is 0 Å². The second kappa shape index (κ2) is 5.15. The summed E-state index contributed by atoms with van der Waals surface area (Å²) in [6.45, 7) is 2.86. The highest BCUT2D eigenvalue weighted by Crippen LogP contribution is 1.98. The van der Waals surface area contributed by atoms with Crippen LogP contribution in [-0.2, 0) is 4.79 Å². The minimum Gasteiger partial charge on any atom is -0.300 e. The molecule has 0 aromatic heterocycles.